The summed E-state index contributed by atoms with van der Waals surface area (Å²) >= 11 is 0. The van der Waals surface area contributed by atoms with Crippen molar-refractivity contribution in [2.24, 2.45) is 0 Å². The Labute approximate surface area is 130 Å². The highest BCUT2D eigenvalue weighted by atomic mass is 16.5. The van der Waals surface area contributed by atoms with Crippen LogP contribution in [0.3, 0.4) is 0 Å². The second kappa shape index (κ2) is 6.46. The smallest absolute Gasteiger partial charge is 0.384 e. The molecule has 110 valence electrons. The van der Waals surface area contributed by atoms with Crippen molar-refractivity contribution in [1.82, 2.24) is 5.32 Å². The molecule has 0 spiro atoms. The van der Waals surface area contributed by atoms with Crippen LogP contribution in [0, 0.1) is 12.3 Å². The molecule has 3 heteroatoms. The number of carbonyl (C=O) groups excluding carboxylic acids is 1. The van der Waals surface area contributed by atoms with E-state index in [4.69, 9.17) is 11.2 Å². The summed E-state index contributed by atoms with van der Waals surface area (Å²) in [5.74, 6) is 1.34. The third kappa shape index (κ3) is 2.74. The Bertz CT molecular complexity index is 685. The molecule has 1 aliphatic carbocycles. The quantitative estimate of drug-likeness (QED) is 0.398. The number of terminal acetylenes is 1. The van der Waals surface area contributed by atoms with Crippen LogP contribution in [0.15, 0.2) is 48.5 Å². The molecule has 0 bridgehead atoms. The summed E-state index contributed by atoms with van der Waals surface area (Å²) in [5, 5.41) is 3.54. The fraction of sp³-hybridized carbons (Fsp3) is 0.211. The lowest BCUT2D eigenvalue weighted by atomic mass is 10.1. The zero-order chi connectivity index (χ0) is 15.4. The fourth-order valence-electron chi connectivity index (χ4n) is 2.90. The fourth-order valence-corrected chi connectivity index (χ4v) is 2.90. The molecule has 0 saturated carbocycles. The average molecular weight is 291 g/mol. The van der Waals surface area contributed by atoms with E-state index in [1.54, 1.807) is 0 Å². The first-order valence-corrected chi connectivity index (χ1v) is 7.36. The SMILES string of the molecule is C#CC(=O)OCCCNC1c2ccccc2-c2ccccc21. The van der Waals surface area contributed by atoms with Gasteiger partial charge in [-0.3, -0.25) is 0 Å². The maximum atomic E-state index is 10.9. The number of ether oxygens (including phenoxy) is 1. The number of benzene rings is 2. The van der Waals surface area contributed by atoms with E-state index in [9.17, 15) is 4.79 Å². The molecule has 3 nitrogen and oxygen atoms in total. The zero-order valence-corrected chi connectivity index (χ0v) is 12.2. The molecule has 0 unspecified atom stereocenters. The van der Waals surface area contributed by atoms with Crippen molar-refractivity contribution < 1.29 is 9.53 Å². The summed E-state index contributed by atoms with van der Waals surface area (Å²) < 4.78 is 4.88. The second-order valence-corrected chi connectivity index (χ2v) is 5.20. The average Bonchev–Trinajstić information content (AvgIpc) is 2.89. The summed E-state index contributed by atoms with van der Waals surface area (Å²) in [5.41, 5.74) is 5.16. The van der Waals surface area contributed by atoms with Gasteiger partial charge in [-0.1, -0.05) is 48.5 Å². The van der Waals surface area contributed by atoms with Crippen molar-refractivity contribution in [3.05, 3.63) is 59.7 Å². The molecule has 0 aliphatic heterocycles. The van der Waals surface area contributed by atoms with Gasteiger partial charge in [-0.15, -0.1) is 6.42 Å². The second-order valence-electron chi connectivity index (χ2n) is 5.20. The van der Waals surface area contributed by atoms with Gasteiger partial charge in [-0.25, -0.2) is 4.79 Å². The highest BCUT2D eigenvalue weighted by Gasteiger charge is 2.27. The van der Waals surface area contributed by atoms with E-state index in [1.165, 1.54) is 22.3 Å². The Morgan fingerprint density at radius 1 is 1.09 bits per heavy atom. The normalized spacial score (nSPS) is 12.3. The Kier molecular flexibility index (Phi) is 4.22. The predicted octanol–water partition coefficient (Wildman–Crippen LogP) is 2.91. The van der Waals surface area contributed by atoms with Crippen LogP contribution in [0.25, 0.3) is 11.1 Å². The third-order valence-corrected chi connectivity index (χ3v) is 3.85. The molecule has 2 aromatic rings. The molecule has 2 aromatic carbocycles. The van der Waals surface area contributed by atoms with E-state index in [1.807, 2.05) is 5.92 Å². The van der Waals surface area contributed by atoms with Crippen LogP contribution in [0.4, 0.5) is 0 Å². The van der Waals surface area contributed by atoms with Crippen LogP contribution >= 0.6 is 0 Å². The molecule has 0 amide bonds. The first kappa shape index (κ1) is 14.4. The molecule has 3 rings (SSSR count). The minimum Gasteiger partial charge on any atom is -0.456 e. The van der Waals surface area contributed by atoms with E-state index in [2.05, 4.69) is 53.8 Å². The summed E-state index contributed by atoms with van der Waals surface area (Å²) in [6, 6.07) is 17.1. The van der Waals surface area contributed by atoms with Gasteiger partial charge < -0.3 is 10.1 Å². The molecule has 0 radical (unpaired) electrons. The van der Waals surface area contributed by atoms with Crippen LogP contribution < -0.4 is 5.32 Å². The molecule has 1 aliphatic rings. The Morgan fingerprint density at radius 3 is 2.27 bits per heavy atom. The summed E-state index contributed by atoms with van der Waals surface area (Å²) in [4.78, 5) is 10.9. The van der Waals surface area contributed by atoms with Crippen LogP contribution in [0.5, 0.6) is 0 Å². The summed E-state index contributed by atoms with van der Waals surface area (Å²) in [6.45, 7) is 1.09. The van der Waals surface area contributed by atoms with Crippen LogP contribution in [-0.2, 0) is 9.53 Å². The van der Waals surface area contributed by atoms with E-state index >= 15 is 0 Å². The van der Waals surface area contributed by atoms with Gasteiger partial charge in [0.25, 0.3) is 0 Å². The maximum absolute atomic E-state index is 10.9. The van der Waals surface area contributed by atoms with Crippen LogP contribution in [0.1, 0.15) is 23.6 Å². The molecular weight excluding hydrogens is 274 g/mol. The molecule has 0 saturated heterocycles. The summed E-state index contributed by atoms with van der Waals surface area (Å²) in [7, 11) is 0. The maximum Gasteiger partial charge on any atom is 0.384 e. The lowest BCUT2D eigenvalue weighted by Gasteiger charge is -2.15. The monoisotopic (exact) mass is 291 g/mol. The van der Waals surface area contributed by atoms with Gasteiger partial charge >= 0.3 is 5.97 Å². The highest BCUT2D eigenvalue weighted by Crippen LogP contribution is 2.42. The largest absolute Gasteiger partial charge is 0.456 e. The third-order valence-electron chi connectivity index (χ3n) is 3.85. The number of fused-ring (bicyclic) bond motifs is 3. The van der Waals surface area contributed by atoms with Crippen molar-refractivity contribution in [3.8, 4) is 23.5 Å². The Morgan fingerprint density at radius 2 is 1.68 bits per heavy atom. The first-order valence-electron chi connectivity index (χ1n) is 7.36. The number of rotatable bonds is 5. The van der Waals surface area contributed by atoms with Crippen molar-refractivity contribution in [3.63, 3.8) is 0 Å². The van der Waals surface area contributed by atoms with Crippen molar-refractivity contribution in [2.45, 2.75) is 12.5 Å². The minimum atomic E-state index is -0.600. The van der Waals surface area contributed by atoms with E-state index in [0.29, 0.717) is 6.61 Å². The molecule has 0 atom stereocenters. The zero-order valence-electron chi connectivity index (χ0n) is 12.2. The van der Waals surface area contributed by atoms with E-state index in [-0.39, 0.29) is 6.04 Å². The summed E-state index contributed by atoms with van der Waals surface area (Å²) in [6.07, 6.45) is 5.68. The van der Waals surface area contributed by atoms with Gasteiger partial charge in [0.2, 0.25) is 0 Å². The van der Waals surface area contributed by atoms with Crippen molar-refractivity contribution in [2.75, 3.05) is 13.2 Å². The minimum absolute atomic E-state index is 0.190. The number of esters is 1. The van der Waals surface area contributed by atoms with Gasteiger partial charge in [-0.05, 0) is 35.2 Å². The topological polar surface area (TPSA) is 38.3 Å². The number of hydrogen-bond donors (Lipinski definition) is 1. The number of carbonyl (C=O) groups is 1. The van der Waals surface area contributed by atoms with Gasteiger partial charge in [-0.2, -0.15) is 0 Å². The molecule has 22 heavy (non-hydrogen) atoms. The predicted molar refractivity (Wildman–Crippen MR) is 86.1 cm³/mol. The van der Waals surface area contributed by atoms with E-state index < -0.39 is 5.97 Å². The van der Waals surface area contributed by atoms with Gasteiger partial charge in [0.15, 0.2) is 0 Å². The first-order chi connectivity index (χ1) is 10.8. The van der Waals surface area contributed by atoms with Crippen LogP contribution in [0.2, 0.25) is 0 Å². The Hall–Kier alpha value is -2.57. The molecule has 0 aromatic heterocycles. The molecule has 1 N–H and O–H groups in total. The van der Waals surface area contributed by atoms with Crippen molar-refractivity contribution in [1.29, 1.82) is 0 Å². The van der Waals surface area contributed by atoms with Crippen LogP contribution in [-0.4, -0.2) is 19.1 Å². The Balaban J connectivity index is 1.67. The highest BCUT2D eigenvalue weighted by molar-refractivity contribution is 5.87. The molecular formula is C19H17NO2. The van der Waals surface area contributed by atoms with Gasteiger partial charge in [0.05, 0.1) is 12.6 Å². The molecule has 0 fully saturated rings. The molecule has 0 heterocycles. The van der Waals surface area contributed by atoms with Gasteiger partial charge in [0, 0.05) is 5.92 Å². The number of nitrogens with one attached hydrogen (secondary N) is 1. The lowest BCUT2D eigenvalue weighted by Crippen LogP contribution is -2.23. The standard InChI is InChI=1S/C19H17NO2/c1-2-18(21)22-13-7-12-20-19-16-10-5-3-8-14(16)15-9-4-6-11-17(15)19/h1,3-6,8-11,19-20H,7,12-13H2. The van der Waals surface area contributed by atoms with Crippen molar-refractivity contribution >= 4 is 5.97 Å². The van der Waals surface area contributed by atoms with Gasteiger partial charge in [0.1, 0.15) is 0 Å². The number of hydrogen-bond acceptors (Lipinski definition) is 3. The van der Waals surface area contributed by atoms with E-state index in [0.717, 1.165) is 13.0 Å². The lowest BCUT2D eigenvalue weighted by molar-refractivity contribution is -0.136.